The van der Waals surface area contributed by atoms with Crippen LogP contribution in [0.25, 0.3) is 0 Å². The van der Waals surface area contributed by atoms with Crippen LogP contribution in [0.2, 0.25) is 0 Å². The lowest BCUT2D eigenvalue weighted by atomic mass is 10.1. The number of carbonyl (C=O) groups is 1. The maximum absolute atomic E-state index is 13.1. The fourth-order valence-corrected chi connectivity index (χ4v) is 2.18. The number of hydrogen-bond donors (Lipinski definition) is 2. The first-order valence-electron chi connectivity index (χ1n) is 6.57. The summed E-state index contributed by atoms with van der Waals surface area (Å²) < 4.78 is 25.9. The molecule has 0 aromatic heterocycles. The van der Waals surface area contributed by atoms with Crippen LogP contribution in [0.3, 0.4) is 0 Å². The molecule has 3 nitrogen and oxygen atoms in total. The predicted octanol–water partition coefficient (Wildman–Crippen LogP) is 2.22. The molecule has 2 unspecified atom stereocenters. The van der Waals surface area contributed by atoms with Crippen LogP contribution in [0.4, 0.5) is 8.78 Å². The molecular weight excluding hydrogens is 286 g/mol. The van der Waals surface area contributed by atoms with Gasteiger partial charge in [-0.3, -0.25) is 4.79 Å². The summed E-state index contributed by atoms with van der Waals surface area (Å²) in [4.78, 5) is 11.8. The first-order valence-corrected chi connectivity index (χ1v) is 6.57. The Hall–Kier alpha value is -1.20. The third kappa shape index (κ3) is 4.15. The van der Waals surface area contributed by atoms with Crippen molar-refractivity contribution in [2.24, 2.45) is 5.92 Å². The Morgan fingerprint density at radius 1 is 1.30 bits per heavy atom. The van der Waals surface area contributed by atoms with Crippen LogP contribution in [0.1, 0.15) is 24.8 Å². The largest absolute Gasteiger partial charge is 0.355 e. The monoisotopic (exact) mass is 304 g/mol. The number of rotatable bonds is 6. The summed E-state index contributed by atoms with van der Waals surface area (Å²) in [5.74, 6) is -1.79. The molecule has 1 fully saturated rings. The van der Waals surface area contributed by atoms with Crippen molar-refractivity contribution in [3.63, 3.8) is 0 Å². The topological polar surface area (TPSA) is 41.1 Å². The van der Waals surface area contributed by atoms with Gasteiger partial charge in [-0.15, -0.1) is 12.4 Å². The van der Waals surface area contributed by atoms with Crippen molar-refractivity contribution in [3.8, 4) is 0 Å². The highest BCUT2D eigenvalue weighted by Gasteiger charge is 2.43. The third-order valence-electron chi connectivity index (χ3n) is 3.35. The minimum atomic E-state index is -0.851. The standard InChI is InChI=1S/C14H18F2N2O.ClH/c1-2-17-5-6-18-14(19)11-8-10(11)9-3-4-12(15)13(16)7-9;/h3-4,7,10-11,17H,2,5-6,8H2,1H3,(H,18,19);1H. The van der Waals surface area contributed by atoms with Crippen molar-refractivity contribution in [1.82, 2.24) is 10.6 Å². The minimum absolute atomic E-state index is 0. The molecule has 112 valence electrons. The maximum Gasteiger partial charge on any atom is 0.223 e. The highest BCUT2D eigenvalue weighted by Crippen LogP contribution is 2.47. The molecule has 1 aromatic carbocycles. The van der Waals surface area contributed by atoms with Crippen LogP contribution in [-0.4, -0.2) is 25.5 Å². The Labute approximate surface area is 123 Å². The molecular formula is C14H19ClF2N2O. The van der Waals surface area contributed by atoms with E-state index in [4.69, 9.17) is 0 Å². The second kappa shape index (κ2) is 7.55. The molecule has 1 aliphatic carbocycles. The van der Waals surface area contributed by atoms with Gasteiger partial charge in [-0.2, -0.15) is 0 Å². The molecule has 2 N–H and O–H groups in total. The SMILES string of the molecule is CCNCCNC(=O)C1CC1c1ccc(F)c(F)c1.Cl. The second-order valence-corrected chi connectivity index (χ2v) is 4.77. The smallest absolute Gasteiger partial charge is 0.223 e. The van der Waals surface area contributed by atoms with E-state index in [2.05, 4.69) is 10.6 Å². The number of hydrogen-bond acceptors (Lipinski definition) is 2. The summed E-state index contributed by atoms with van der Waals surface area (Å²) in [6, 6.07) is 3.85. The average molecular weight is 305 g/mol. The van der Waals surface area contributed by atoms with Crippen molar-refractivity contribution in [2.75, 3.05) is 19.6 Å². The molecule has 0 saturated heterocycles. The van der Waals surface area contributed by atoms with Gasteiger partial charge in [0, 0.05) is 19.0 Å². The van der Waals surface area contributed by atoms with E-state index >= 15 is 0 Å². The Balaban J connectivity index is 0.00000200. The van der Waals surface area contributed by atoms with Crippen molar-refractivity contribution < 1.29 is 13.6 Å². The van der Waals surface area contributed by atoms with Gasteiger partial charge in [0.25, 0.3) is 0 Å². The molecule has 2 atom stereocenters. The van der Waals surface area contributed by atoms with Gasteiger partial charge in [-0.1, -0.05) is 13.0 Å². The van der Waals surface area contributed by atoms with Crippen LogP contribution in [-0.2, 0) is 4.79 Å². The van der Waals surface area contributed by atoms with Gasteiger partial charge in [0.15, 0.2) is 11.6 Å². The quantitative estimate of drug-likeness (QED) is 0.791. The number of carbonyl (C=O) groups excluding carboxylic acids is 1. The van der Waals surface area contributed by atoms with E-state index in [1.54, 1.807) is 6.07 Å². The molecule has 0 spiro atoms. The first-order chi connectivity index (χ1) is 9.13. The zero-order valence-electron chi connectivity index (χ0n) is 11.3. The van der Waals surface area contributed by atoms with Gasteiger partial charge in [0.1, 0.15) is 0 Å². The number of halogens is 3. The van der Waals surface area contributed by atoms with Gasteiger partial charge >= 0.3 is 0 Å². The summed E-state index contributed by atoms with van der Waals surface area (Å²) in [5, 5.41) is 5.95. The van der Waals surface area contributed by atoms with Crippen molar-refractivity contribution >= 4 is 18.3 Å². The van der Waals surface area contributed by atoms with Crippen LogP contribution >= 0.6 is 12.4 Å². The fourth-order valence-electron chi connectivity index (χ4n) is 2.18. The van der Waals surface area contributed by atoms with Crippen molar-refractivity contribution in [2.45, 2.75) is 19.3 Å². The van der Waals surface area contributed by atoms with Crippen molar-refractivity contribution in [3.05, 3.63) is 35.4 Å². The summed E-state index contributed by atoms with van der Waals surface area (Å²) in [6.45, 7) is 4.21. The molecule has 0 aliphatic heterocycles. The average Bonchev–Trinajstić information content (AvgIpc) is 3.18. The fraction of sp³-hybridized carbons (Fsp3) is 0.500. The third-order valence-corrected chi connectivity index (χ3v) is 3.35. The van der Waals surface area contributed by atoms with E-state index in [0.29, 0.717) is 18.5 Å². The second-order valence-electron chi connectivity index (χ2n) is 4.77. The van der Waals surface area contributed by atoms with E-state index in [1.165, 1.54) is 6.07 Å². The molecule has 0 heterocycles. The molecule has 6 heteroatoms. The van der Waals surface area contributed by atoms with E-state index in [0.717, 1.165) is 19.2 Å². The molecule has 0 radical (unpaired) electrons. The lowest BCUT2D eigenvalue weighted by Gasteiger charge is -2.05. The Bertz CT molecular complexity index is 470. The van der Waals surface area contributed by atoms with E-state index in [1.807, 2.05) is 6.92 Å². The van der Waals surface area contributed by atoms with Gasteiger partial charge in [0.05, 0.1) is 0 Å². The van der Waals surface area contributed by atoms with Crippen LogP contribution in [0.5, 0.6) is 0 Å². The highest BCUT2D eigenvalue weighted by atomic mass is 35.5. The molecule has 0 bridgehead atoms. The predicted molar refractivity (Wildman–Crippen MR) is 76.0 cm³/mol. The van der Waals surface area contributed by atoms with Crippen LogP contribution in [0.15, 0.2) is 18.2 Å². The van der Waals surface area contributed by atoms with Gasteiger partial charge in [-0.05, 0) is 36.6 Å². The summed E-state index contributed by atoms with van der Waals surface area (Å²) in [5.41, 5.74) is 0.700. The van der Waals surface area contributed by atoms with E-state index < -0.39 is 11.6 Å². The number of benzene rings is 1. The van der Waals surface area contributed by atoms with Gasteiger partial charge in [-0.25, -0.2) is 8.78 Å². The summed E-state index contributed by atoms with van der Waals surface area (Å²) in [7, 11) is 0. The molecule has 1 aromatic rings. The molecule has 1 amide bonds. The molecule has 1 aliphatic rings. The van der Waals surface area contributed by atoms with Gasteiger partial charge in [0.2, 0.25) is 5.91 Å². The summed E-state index contributed by atoms with van der Waals surface area (Å²) >= 11 is 0. The maximum atomic E-state index is 13.1. The van der Waals surface area contributed by atoms with Crippen molar-refractivity contribution in [1.29, 1.82) is 0 Å². The van der Waals surface area contributed by atoms with E-state index in [9.17, 15) is 13.6 Å². The highest BCUT2D eigenvalue weighted by molar-refractivity contribution is 5.85. The number of amides is 1. The Kier molecular flexibility index (Phi) is 6.36. The molecule has 20 heavy (non-hydrogen) atoms. The normalized spacial score (nSPS) is 20.1. The summed E-state index contributed by atoms with van der Waals surface area (Å²) in [6.07, 6.45) is 0.706. The van der Waals surface area contributed by atoms with E-state index in [-0.39, 0.29) is 30.2 Å². The van der Waals surface area contributed by atoms with Crippen LogP contribution < -0.4 is 10.6 Å². The zero-order valence-corrected chi connectivity index (χ0v) is 12.1. The lowest BCUT2D eigenvalue weighted by Crippen LogP contribution is -2.32. The number of likely N-dealkylation sites (N-methyl/N-ethyl adjacent to an activating group) is 1. The Morgan fingerprint density at radius 2 is 2.05 bits per heavy atom. The zero-order chi connectivity index (χ0) is 13.8. The van der Waals surface area contributed by atoms with Crippen LogP contribution in [0, 0.1) is 17.6 Å². The lowest BCUT2D eigenvalue weighted by molar-refractivity contribution is -0.122. The number of nitrogens with one attached hydrogen (secondary N) is 2. The molecule has 1 saturated carbocycles. The van der Waals surface area contributed by atoms with Gasteiger partial charge < -0.3 is 10.6 Å². The first kappa shape index (κ1) is 16.9. The minimum Gasteiger partial charge on any atom is -0.355 e. The molecule has 2 rings (SSSR count). The Morgan fingerprint density at radius 3 is 2.70 bits per heavy atom.